The number of fused-ring (bicyclic) bond motifs is 2. The summed E-state index contributed by atoms with van der Waals surface area (Å²) in [4.78, 5) is 39.8. The number of amides is 2. The van der Waals surface area contributed by atoms with E-state index in [-0.39, 0.29) is 23.3 Å². The van der Waals surface area contributed by atoms with Gasteiger partial charge in [0.25, 0.3) is 11.8 Å². The molecule has 0 radical (unpaired) electrons. The maximum absolute atomic E-state index is 13.2. The zero-order valence-electron chi connectivity index (χ0n) is 16.9. The predicted molar refractivity (Wildman–Crippen MR) is 120 cm³/mol. The average Bonchev–Trinajstić information content (AvgIpc) is 3.01. The van der Waals surface area contributed by atoms with Crippen molar-refractivity contribution in [1.29, 1.82) is 0 Å². The second kappa shape index (κ2) is 8.37. The molecule has 0 aromatic heterocycles. The highest BCUT2D eigenvalue weighted by atomic mass is 35.5. The van der Waals surface area contributed by atoms with Gasteiger partial charge in [-0.05, 0) is 30.7 Å². The highest BCUT2D eigenvalue weighted by Gasteiger charge is 2.43. The molecule has 0 N–H and O–H groups in total. The van der Waals surface area contributed by atoms with Crippen molar-refractivity contribution in [1.82, 2.24) is 4.90 Å². The van der Waals surface area contributed by atoms with E-state index in [1.54, 1.807) is 42.5 Å². The number of nitrogens with zero attached hydrogens (tertiary/aromatic N) is 1. The van der Waals surface area contributed by atoms with Crippen molar-refractivity contribution in [3.63, 3.8) is 0 Å². The van der Waals surface area contributed by atoms with Gasteiger partial charge in [0.1, 0.15) is 21.6 Å². The van der Waals surface area contributed by atoms with Crippen LogP contribution in [0.4, 0.5) is 0 Å². The van der Waals surface area contributed by atoms with Crippen LogP contribution in [-0.2, 0) is 14.6 Å². The van der Waals surface area contributed by atoms with Crippen molar-refractivity contribution in [2.45, 2.75) is 12.5 Å². The van der Waals surface area contributed by atoms with E-state index >= 15 is 0 Å². The molecule has 3 aromatic carbocycles. The maximum atomic E-state index is 13.2. The Morgan fingerprint density at radius 1 is 0.938 bits per heavy atom. The zero-order valence-corrected chi connectivity index (χ0v) is 18.5. The Labute approximate surface area is 189 Å². The van der Waals surface area contributed by atoms with E-state index in [0.29, 0.717) is 15.8 Å². The minimum Gasteiger partial charge on any atom is -0.424 e. The third-order valence-corrected chi connectivity index (χ3v) is 6.52. The monoisotopic (exact) mass is 471 g/mol. The molecule has 32 heavy (non-hydrogen) atoms. The lowest BCUT2D eigenvalue weighted by molar-refractivity contribution is -0.138. The van der Waals surface area contributed by atoms with E-state index in [4.69, 9.17) is 16.3 Å². The molecule has 0 saturated heterocycles. The smallest absolute Gasteiger partial charge is 0.334 e. The van der Waals surface area contributed by atoms with E-state index < -0.39 is 39.4 Å². The Kier molecular flexibility index (Phi) is 5.75. The van der Waals surface area contributed by atoms with E-state index in [0.717, 1.165) is 11.2 Å². The summed E-state index contributed by atoms with van der Waals surface area (Å²) in [7, 11) is -3.47. The van der Waals surface area contributed by atoms with Crippen LogP contribution in [0.5, 0.6) is 5.75 Å². The summed E-state index contributed by atoms with van der Waals surface area (Å²) in [5.74, 6) is -2.45. The minimum atomic E-state index is -3.47. The molecule has 164 valence electrons. The Hall–Kier alpha value is -3.23. The number of hydrogen-bond donors (Lipinski definition) is 0. The van der Waals surface area contributed by atoms with Crippen LogP contribution in [0.25, 0.3) is 10.8 Å². The first-order chi connectivity index (χ1) is 15.2. The fraction of sp³-hybridized carbons (Fsp3) is 0.174. The lowest BCUT2D eigenvalue weighted by atomic mass is 10.1. The first-order valence-corrected chi connectivity index (χ1v) is 12.1. The largest absolute Gasteiger partial charge is 0.424 e. The first kappa shape index (κ1) is 22.0. The molecule has 0 saturated carbocycles. The lowest BCUT2D eigenvalue weighted by Crippen LogP contribution is -2.47. The average molecular weight is 472 g/mol. The summed E-state index contributed by atoms with van der Waals surface area (Å²) < 4.78 is 29.1. The maximum Gasteiger partial charge on any atom is 0.334 e. The second-order valence-corrected chi connectivity index (χ2v) is 10.1. The number of rotatable bonds is 6. The summed E-state index contributed by atoms with van der Waals surface area (Å²) in [6.45, 7) is 0. The van der Waals surface area contributed by atoms with Gasteiger partial charge in [0.2, 0.25) is 0 Å². The van der Waals surface area contributed by atoms with Gasteiger partial charge in [0.05, 0.1) is 16.9 Å². The fourth-order valence-electron chi connectivity index (χ4n) is 3.67. The summed E-state index contributed by atoms with van der Waals surface area (Å²) in [6, 6.07) is 14.9. The molecule has 7 nitrogen and oxygen atoms in total. The van der Waals surface area contributed by atoms with E-state index in [2.05, 4.69) is 0 Å². The molecular weight excluding hydrogens is 454 g/mol. The number of halogens is 1. The van der Waals surface area contributed by atoms with Crippen LogP contribution in [0.3, 0.4) is 0 Å². The number of imide groups is 1. The SMILES string of the molecule is CS(=O)(=O)CCC(C(=O)Oc1ccc(Cl)c2ccccc12)N1C(=O)c2ccccc2C1=O. The van der Waals surface area contributed by atoms with Crippen LogP contribution in [0.1, 0.15) is 27.1 Å². The molecule has 2 amide bonds. The molecule has 1 unspecified atom stereocenters. The van der Waals surface area contributed by atoms with E-state index in [1.165, 1.54) is 18.2 Å². The molecule has 1 aliphatic heterocycles. The van der Waals surface area contributed by atoms with Crippen molar-refractivity contribution in [3.05, 3.63) is 76.8 Å². The number of carbonyl (C=O) groups excluding carboxylic acids is 3. The third-order valence-electron chi connectivity index (χ3n) is 5.21. The Balaban J connectivity index is 1.70. The van der Waals surface area contributed by atoms with Gasteiger partial charge in [-0.15, -0.1) is 0 Å². The van der Waals surface area contributed by atoms with Crippen LogP contribution in [0.2, 0.25) is 5.02 Å². The van der Waals surface area contributed by atoms with Crippen LogP contribution in [-0.4, -0.2) is 49.2 Å². The van der Waals surface area contributed by atoms with Crippen LogP contribution < -0.4 is 4.74 Å². The highest BCUT2D eigenvalue weighted by molar-refractivity contribution is 7.90. The Morgan fingerprint density at radius 2 is 1.50 bits per heavy atom. The van der Waals surface area contributed by atoms with Gasteiger partial charge in [0, 0.05) is 22.1 Å². The molecule has 4 rings (SSSR count). The van der Waals surface area contributed by atoms with Crippen LogP contribution in [0, 0.1) is 0 Å². The standard InChI is InChI=1S/C23H18ClNO6S/c1-32(29,30)13-12-19(25-21(26)16-8-4-5-9-17(16)22(25)27)23(28)31-20-11-10-18(24)14-6-2-3-7-15(14)20/h2-11,19H,12-13H2,1H3. The van der Waals surface area contributed by atoms with Crippen molar-refractivity contribution in [2.75, 3.05) is 12.0 Å². The summed E-state index contributed by atoms with van der Waals surface area (Å²) >= 11 is 6.22. The van der Waals surface area contributed by atoms with E-state index in [9.17, 15) is 22.8 Å². The minimum absolute atomic E-state index is 0.159. The molecular formula is C23H18ClNO6S. The third kappa shape index (κ3) is 4.11. The van der Waals surface area contributed by atoms with Crippen molar-refractivity contribution in [3.8, 4) is 5.75 Å². The quantitative estimate of drug-likeness (QED) is 0.310. The number of carbonyl (C=O) groups is 3. The summed E-state index contributed by atoms with van der Waals surface area (Å²) in [5.41, 5.74) is 0.318. The molecule has 0 bridgehead atoms. The van der Waals surface area contributed by atoms with Crippen molar-refractivity contribution < 1.29 is 27.5 Å². The molecule has 1 heterocycles. The van der Waals surface area contributed by atoms with Crippen molar-refractivity contribution in [2.24, 2.45) is 0 Å². The summed E-state index contributed by atoms with van der Waals surface area (Å²) in [6.07, 6.45) is 0.735. The Bertz CT molecular complexity index is 1330. The second-order valence-electron chi connectivity index (χ2n) is 7.47. The number of hydrogen-bond acceptors (Lipinski definition) is 6. The van der Waals surface area contributed by atoms with Gasteiger partial charge < -0.3 is 4.74 Å². The molecule has 9 heteroatoms. The van der Waals surface area contributed by atoms with Gasteiger partial charge in [-0.1, -0.05) is 48.0 Å². The molecule has 3 aromatic rings. The zero-order chi connectivity index (χ0) is 23.0. The molecule has 0 aliphatic carbocycles. The Morgan fingerprint density at radius 3 is 2.09 bits per heavy atom. The molecule has 1 atom stereocenters. The van der Waals surface area contributed by atoms with Gasteiger partial charge in [0.15, 0.2) is 0 Å². The molecule has 0 fully saturated rings. The first-order valence-electron chi connectivity index (χ1n) is 9.71. The highest BCUT2D eigenvalue weighted by Crippen LogP contribution is 2.32. The van der Waals surface area contributed by atoms with Gasteiger partial charge in [-0.25, -0.2) is 13.2 Å². The fourth-order valence-corrected chi connectivity index (χ4v) is 4.55. The van der Waals surface area contributed by atoms with E-state index in [1.807, 2.05) is 0 Å². The number of sulfone groups is 1. The molecule has 0 spiro atoms. The molecule has 1 aliphatic rings. The predicted octanol–water partition coefficient (Wildman–Crippen LogP) is 3.50. The van der Waals surface area contributed by atoms with Gasteiger partial charge in [-0.3, -0.25) is 14.5 Å². The number of benzene rings is 3. The summed E-state index contributed by atoms with van der Waals surface area (Å²) in [5, 5.41) is 1.69. The van der Waals surface area contributed by atoms with Crippen molar-refractivity contribution >= 4 is 50.0 Å². The van der Waals surface area contributed by atoms with Gasteiger partial charge >= 0.3 is 5.97 Å². The lowest BCUT2D eigenvalue weighted by Gasteiger charge is -2.24. The van der Waals surface area contributed by atoms with Gasteiger partial charge in [-0.2, -0.15) is 0 Å². The number of ether oxygens (including phenoxy) is 1. The number of esters is 1. The topological polar surface area (TPSA) is 97.8 Å². The normalized spacial score (nSPS) is 14.5. The van der Waals surface area contributed by atoms with Crippen LogP contribution in [0.15, 0.2) is 60.7 Å². The van der Waals surface area contributed by atoms with Crippen LogP contribution >= 0.6 is 11.6 Å².